The Kier molecular flexibility index (Phi) is 4.30. The van der Waals surface area contributed by atoms with Gasteiger partial charge in [-0.1, -0.05) is 35.5 Å². The van der Waals surface area contributed by atoms with Gasteiger partial charge in [-0.25, -0.2) is 4.79 Å². The molecule has 20 heavy (non-hydrogen) atoms. The summed E-state index contributed by atoms with van der Waals surface area (Å²) in [6.07, 6.45) is 1.34. The first kappa shape index (κ1) is 13.6. The first-order valence-corrected chi connectivity index (χ1v) is 6.05. The quantitative estimate of drug-likeness (QED) is 0.484. The number of benzene rings is 1. The molecule has 0 atom stereocenters. The lowest BCUT2D eigenvalue weighted by molar-refractivity contribution is -0.137. The lowest BCUT2D eigenvalue weighted by Gasteiger charge is -1.97. The summed E-state index contributed by atoms with van der Waals surface area (Å²) in [6.45, 7) is 1.89. The predicted octanol–water partition coefficient (Wildman–Crippen LogP) is 2.81. The van der Waals surface area contributed by atoms with Crippen LogP contribution < -0.4 is 0 Å². The summed E-state index contributed by atoms with van der Waals surface area (Å²) < 4.78 is 9.95. The molecule has 2 aromatic rings. The molecule has 2 rings (SSSR count). The molecular formula is C15H12N2O3. The maximum atomic E-state index is 11.5. The van der Waals surface area contributed by atoms with Crippen molar-refractivity contribution >= 4 is 12.0 Å². The second kappa shape index (κ2) is 6.34. The van der Waals surface area contributed by atoms with Crippen LogP contribution in [0.4, 0.5) is 0 Å². The zero-order valence-electron chi connectivity index (χ0n) is 10.9. The van der Waals surface area contributed by atoms with Crippen LogP contribution in [0.2, 0.25) is 0 Å². The van der Waals surface area contributed by atoms with Crippen molar-refractivity contribution in [2.75, 3.05) is 6.61 Å². The molecular weight excluding hydrogens is 256 g/mol. The van der Waals surface area contributed by atoms with Crippen LogP contribution in [0.5, 0.6) is 0 Å². The van der Waals surface area contributed by atoms with Gasteiger partial charge in [0.1, 0.15) is 17.3 Å². The number of aromatic nitrogens is 1. The number of hydrogen-bond acceptors (Lipinski definition) is 5. The molecule has 0 spiro atoms. The maximum absolute atomic E-state index is 11.5. The number of rotatable bonds is 4. The van der Waals surface area contributed by atoms with Crippen LogP contribution in [-0.4, -0.2) is 17.7 Å². The molecule has 1 aromatic heterocycles. The second-order valence-electron chi connectivity index (χ2n) is 3.87. The molecule has 1 aromatic carbocycles. The minimum Gasteiger partial charge on any atom is -0.462 e. The molecule has 100 valence electrons. The van der Waals surface area contributed by atoms with Gasteiger partial charge in [0, 0.05) is 11.6 Å². The third-order valence-electron chi connectivity index (χ3n) is 2.49. The molecule has 0 radical (unpaired) electrons. The Morgan fingerprint density at radius 3 is 2.85 bits per heavy atom. The van der Waals surface area contributed by atoms with E-state index in [1.54, 1.807) is 19.1 Å². The Balaban J connectivity index is 2.25. The molecule has 0 fully saturated rings. The molecule has 0 aliphatic rings. The van der Waals surface area contributed by atoms with E-state index in [0.717, 1.165) is 5.56 Å². The van der Waals surface area contributed by atoms with Crippen LogP contribution in [0.15, 0.2) is 46.5 Å². The fourth-order valence-electron chi connectivity index (χ4n) is 1.59. The zero-order chi connectivity index (χ0) is 14.4. The van der Waals surface area contributed by atoms with Crippen LogP contribution in [0.25, 0.3) is 17.4 Å². The summed E-state index contributed by atoms with van der Waals surface area (Å²) in [5.74, 6) is -0.0998. The van der Waals surface area contributed by atoms with Gasteiger partial charge in [0.05, 0.1) is 6.61 Å². The second-order valence-corrected chi connectivity index (χ2v) is 3.87. The topological polar surface area (TPSA) is 76.1 Å². The molecule has 0 unspecified atom stereocenters. The van der Waals surface area contributed by atoms with Gasteiger partial charge < -0.3 is 9.26 Å². The fourth-order valence-corrected chi connectivity index (χ4v) is 1.59. The molecule has 0 aliphatic heterocycles. The highest BCUT2D eigenvalue weighted by Gasteiger charge is 2.12. The molecule has 1 heterocycles. The summed E-state index contributed by atoms with van der Waals surface area (Å²) in [4.78, 5) is 11.5. The molecule has 0 amide bonds. The van der Waals surface area contributed by atoms with E-state index < -0.39 is 5.97 Å². The first-order chi connectivity index (χ1) is 9.74. The van der Waals surface area contributed by atoms with Gasteiger partial charge in [-0.2, -0.15) is 5.26 Å². The molecule has 0 N–H and O–H groups in total. The Labute approximate surface area is 116 Å². The van der Waals surface area contributed by atoms with Crippen molar-refractivity contribution in [2.24, 2.45) is 0 Å². The number of nitriles is 1. The third-order valence-corrected chi connectivity index (χ3v) is 2.49. The number of carbonyl (C=O) groups is 1. The summed E-state index contributed by atoms with van der Waals surface area (Å²) in [6, 6.07) is 12.9. The van der Waals surface area contributed by atoms with E-state index in [1.807, 2.05) is 30.3 Å². The minimum absolute atomic E-state index is 0.111. The van der Waals surface area contributed by atoms with Crippen LogP contribution >= 0.6 is 0 Å². The predicted molar refractivity (Wildman–Crippen MR) is 72.2 cm³/mol. The van der Waals surface area contributed by atoms with E-state index >= 15 is 0 Å². The minimum atomic E-state index is -0.667. The van der Waals surface area contributed by atoms with Gasteiger partial charge in [-0.15, -0.1) is 0 Å². The monoisotopic (exact) mass is 268 g/mol. The largest absolute Gasteiger partial charge is 0.462 e. The zero-order valence-corrected chi connectivity index (χ0v) is 10.9. The summed E-state index contributed by atoms with van der Waals surface area (Å²) in [5.41, 5.74) is 1.16. The highest BCUT2D eigenvalue weighted by molar-refractivity contribution is 5.97. The summed E-state index contributed by atoms with van der Waals surface area (Å²) >= 11 is 0. The maximum Gasteiger partial charge on any atom is 0.348 e. The van der Waals surface area contributed by atoms with Crippen LogP contribution in [0, 0.1) is 11.3 Å². The van der Waals surface area contributed by atoms with E-state index in [1.165, 1.54) is 6.08 Å². The molecule has 5 nitrogen and oxygen atoms in total. The Hall–Kier alpha value is -2.87. The van der Waals surface area contributed by atoms with Gasteiger partial charge in [-0.3, -0.25) is 0 Å². The van der Waals surface area contributed by atoms with E-state index in [-0.39, 0.29) is 12.2 Å². The standard InChI is InChI=1S/C15H12N2O3/c1-2-19-15(18)12(10-16)8-13-9-14(20-17-13)11-6-4-3-5-7-11/h3-9H,2H2,1H3. The Bertz CT molecular complexity index is 666. The van der Waals surface area contributed by atoms with Crippen LogP contribution in [0.1, 0.15) is 12.6 Å². The van der Waals surface area contributed by atoms with Gasteiger partial charge in [-0.05, 0) is 13.0 Å². The number of esters is 1. The van der Waals surface area contributed by atoms with Crippen molar-refractivity contribution in [3.8, 4) is 17.4 Å². The van der Waals surface area contributed by atoms with Gasteiger partial charge in [0.2, 0.25) is 0 Å². The normalized spacial score (nSPS) is 10.9. The molecule has 0 aliphatic carbocycles. The highest BCUT2D eigenvalue weighted by atomic mass is 16.5. The lowest BCUT2D eigenvalue weighted by Crippen LogP contribution is -2.05. The molecule has 5 heteroatoms. The van der Waals surface area contributed by atoms with Crippen LogP contribution in [-0.2, 0) is 9.53 Å². The van der Waals surface area contributed by atoms with Gasteiger partial charge >= 0.3 is 5.97 Å². The fraction of sp³-hybridized carbons (Fsp3) is 0.133. The van der Waals surface area contributed by atoms with E-state index in [2.05, 4.69) is 5.16 Å². The van der Waals surface area contributed by atoms with E-state index in [4.69, 9.17) is 14.5 Å². The van der Waals surface area contributed by atoms with Gasteiger partial charge in [0.25, 0.3) is 0 Å². The smallest absolute Gasteiger partial charge is 0.348 e. The van der Waals surface area contributed by atoms with Crippen molar-refractivity contribution in [2.45, 2.75) is 6.92 Å². The van der Waals surface area contributed by atoms with Crippen LogP contribution in [0.3, 0.4) is 0 Å². The summed E-state index contributed by atoms with van der Waals surface area (Å²) in [5, 5.41) is 12.7. The van der Waals surface area contributed by atoms with Crippen molar-refractivity contribution in [1.29, 1.82) is 5.26 Å². The molecule has 0 saturated heterocycles. The number of hydrogen-bond donors (Lipinski definition) is 0. The van der Waals surface area contributed by atoms with Crippen molar-refractivity contribution in [1.82, 2.24) is 5.16 Å². The van der Waals surface area contributed by atoms with Crippen molar-refractivity contribution in [3.63, 3.8) is 0 Å². The molecule has 0 bridgehead atoms. The van der Waals surface area contributed by atoms with E-state index in [9.17, 15) is 4.79 Å². The van der Waals surface area contributed by atoms with E-state index in [0.29, 0.717) is 11.5 Å². The Morgan fingerprint density at radius 2 is 2.20 bits per heavy atom. The highest BCUT2D eigenvalue weighted by Crippen LogP contribution is 2.20. The molecule has 0 saturated carbocycles. The lowest BCUT2D eigenvalue weighted by atomic mass is 10.1. The number of ether oxygens (including phenoxy) is 1. The number of carbonyl (C=O) groups excluding carboxylic acids is 1. The van der Waals surface area contributed by atoms with Crippen molar-refractivity contribution < 1.29 is 14.1 Å². The number of nitrogens with zero attached hydrogens (tertiary/aromatic N) is 2. The Morgan fingerprint density at radius 1 is 1.45 bits per heavy atom. The SMILES string of the molecule is CCOC(=O)C(C#N)=Cc1cc(-c2ccccc2)on1. The third kappa shape index (κ3) is 3.12. The van der Waals surface area contributed by atoms with Gasteiger partial charge in [0.15, 0.2) is 5.76 Å². The average molecular weight is 268 g/mol. The average Bonchev–Trinajstić information content (AvgIpc) is 2.94. The van der Waals surface area contributed by atoms with Crippen molar-refractivity contribution in [3.05, 3.63) is 47.7 Å². The summed E-state index contributed by atoms with van der Waals surface area (Å²) in [7, 11) is 0. The first-order valence-electron chi connectivity index (χ1n) is 6.05.